The van der Waals surface area contributed by atoms with Gasteiger partial charge in [0.2, 0.25) is 0 Å². The zero-order chi connectivity index (χ0) is 11.3. The fourth-order valence-corrected chi connectivity index (χ4v) is 1.43. The van der Waals surface area contributed by atoms with Gasteiger partial charge in [-0.05, 0) is 12.0 Å². The predicted molar refractivity (Wildman–Crippen MR) is 59.1 cm³/mol. The summed E-state index contributed by atoms with van der Waals surface area (Å²) in [6, 6.07) is 6.81. The van der Waals surface area contributed by atoms with Crippen LogP contribution in [0.25, 0.3) is 0 Å². The Bertz CT molecular complexity index is 320. The van der Waals surface area contributed by atoms with Crippen molar-refractivity contribution in [2.75, 3.05) is 20.6 Å². The van der Waals surface area contributed by atoms with E-state index < -0.39 is 0 Å². The van der Waals surface area contributed by atoms with Crippen LogP contribution in [0.1, 0.15) is 12.0 Å². The number of nitrogens with one attached hydrogen (secondary N) is 1. The summed E-state index contributed by atoms with van der Waals surface area (Å²) >= 11 is 0. The van der Waals surface area contributed by atoms with Gasteiger partial charge in [0.15, 0.2) is 0 Å². The van der Waals surface area contributed by atoms with Crippen molar-refractivity contribution in [1.82, 2.24) is 0 Å². The Morgan fingerprint density at radius 1 is 1.27 bits per heavy atom. The number of nitrogens with zero attached hydrogens (tertiary/aromatic N) is 1. The second kappa shape index (κ2) is 5.46. The largest absolute Gasteiger partial charge is 0.340 e. The van der Waals surface area contributed by atoms with E-state index in [1.807, 2.05) is 12.1 Å². The van der Waals surface area contributed by atoms with E-state index in [-0.39, 0.29) is 10.6 Å². The Morgan fingerprint density at radius 3 is 2.33 bits per heavy atom. The van der Waals surface area contributed by atoms with Gasteiger partial charge in [0, 0.05) is 18.6 Å². The number of benzene rings is 1. The Kier molecular flexibility index (Phi) is 4.24. The van der Waals surface area contributed by atoms with Gasteiger partial charge in [-0.2, -0.15) is 0 Å². The summed E-state index contributed by atoms with van der Waals surface area (Å²) in [5.74, 6) is 0. The van der Waals surface area contributed by atoms with Crippen LogP contribution >= 0.6 is 0 Å². The van der Waals surface area contributed by atoms with Gasteiger partial charge >= 0.3 is 0 Å². The lowest BCUT2D eigenvalue weighted by Crippen LogP contribution is -3.05. The lowest BCUT2D eigenvalue weighted by Gasteiger charge is -2.06. The van der Waals surface area contributed by atoms with Crippen LogP contribution in [0.5, 0.6) is 0 Å². The number of hydrogen-bond acceptors (Lipinski definition) is 2. The molecule has 0 fully saturated rings. The van der Waals surface area contributed by atoms with E-state index in [4.69, 9.17) is 0 Å². The van der Waals surface area contributed by atoms with Crippen LogP contribution in [0.3, 0.4) is 0 Å². The molecule has 4 heteroatoms. The van der Waals surface area contributed by atoms with Crippen LogP contribution in [-0.4, -0.2) is 25.6 Å². The highest BCUT2D eigenvalue weighted by Gasteiger charge is 2.03. The Hall–Kier alpha value is -1.42. The maximum Gasteiger partial charge on any atom is 0.269 e. The molecule has 0 saturated heterocycles. The number of quaternary nitrogens is 1. The first-order chi connectivity index (χ1) is 7.09. The Labute approximate surface area is 89.7 Å². The quantitative estimate of drug-likeness (QED) is 0.572. The molecule has 0 radical (unpaired) electrons. The van der Waals surface area contributed by atoms with Gasteiger partial charge in [-0.15, -0.1) is 0 Å². The predicted octanol–water partition coefficient (Wildman–Crippen LogP) is 0.672. The zero-order valence-corrected chi connectivity index (χ0v) is 9.19. The first-order valence-corrected chi connectivity index (χ1v) is 5.12. The minimum absolute atomic E-state index is 0.164. The molecule has 1 aromatic rings. The third-order valence-corrected chi connectivity index (χ3v) is 2.29. The minimum atomic E-state index is -0.367. The molecule has 0 aliphatic rings. The van der Waals surface area contributed by atoms with E-state index in [2.05, 4.69) is 14.1 Å². The maximum absolute atomic E-state index is 10.4. The molecule has 0 heterocycles. The summed E-state index contributed by atoms with van der Waals surface area (Å²) in [5.41, 5.74) is 1.33. The molecular formula is C11H17N2O2+. The van der Waals surface area contributed by atoms with Crippen LogP contribution in [0.2, 0.25) is 0 Å². The molecule has 0 saturated carbocycles. The summed E-state index contributed by atoms with van der Waals surface area (Å²) < 4.78 is 0. The highest BCUT2D eigenvalue weighted by molar-refractivity contribution is 5.32. The Balaban J connectivity index is 2.46. The third kappa shape index (κ3) is 4.08. The molecule has 0 spiro atoms. The summed E-state index contributed by atoms with van der Waals surface area (Å²) in [5, 5.41) is 10.4. The van der Waals surface area contributed by atoms with Crippen LogP contribution in [-0.2, 0) is 6.42 Å². The third-order valence-electron chi connectivity index (χ3n) is 2.29. The van der Waals surface area contributed by atoms with Crippen molar-refractivity contribution in [2.24, 2.45) is 0 Å². The number of non-ortho nitro benzene ring substituents is 1. The van der Waals surface area contributed by atoms with Crippen molar-refractivity contribution >= 4 is 5.69 Å². The summed E-state index contributed by atoms with van der Waals surface area (Å²) in [6.07, 6.45) is 2.10. The zero-order valence-electron chi connectivity index (χ0n) is 9.19. The average Bonchev–Trinajstić information content (AvgIpc) is 2.18. The molecule has 15 heavy (non-hydrogen) atoms. The van der Waals surface area contributed by atoms with Gasteiger partial charge in [0.25, 0.3) is 5.69 Å². The number of hydrogen-bond donors (Lipinski definition) is 1. The molecule has 0 aliphatic heterocycles. The summed E-state index contributed by atoms with van der Waals surface area (Å²) in [7, 11) is 4.24. The number of aryl methyl sites for hydroxylation is 1. The number of nitro groups is 1. The summed E-state index contributed by atoms with van der Waals surface area (Å²) in [4.78, 5) is 11.5. The molecule has 0 unspecified atom stereocenters. The van der Waals surface area contributed by atoms with Crippen molar-refractivity contribution < 1.29 is 9.82 Å². The van der Waals surface area contributed by atoms with Gasteiger partial charge in [0.05, 0.1) is 25.6 Å². The first kappa shape index (κ1) is 11.7. The SMILES string of the molecule is C[NH+](C)CCCc1ccc([N+](=O)[O-])cc1. The fourth-order valence-electron chi connectivity index (χ4n) is 1.43. The van der Waals surface area contributed by atoms with E-state index in [9.17, 15) is 10.1 Å². The average molecular weight is 209 g/mol. The number of rotatable bonds is 5. The van der Waals surface area contributed by atoms with Gasteiger partial charge in [0.1, 0.15) is 0 Å². The molecule has 4 nitrogen and oxygen atoms in total. The molecule has 1 N–H and O–H groups in total. The first-order valence-electron chi connectivity index (χ1n) is 5.12. The van der Waals surface area contributed by atoms with Crippen molar-refractivity contribution in [3.05, 3.63) is 39.9 Å². The molecule has 0 atom stereocenters. The van der Waals surface area contributed by atoms with Crippen molar-refractivity contribution in [2.45, 2.75) is 12.8 Å². The summed E-state index contributed by atoms with van der Waals surface area (Å²) in [6.45, 7) is 1.12. The van der Waals surface area contributed by atoms with E-state index in [0.29, 0.717) is 0 Å². The molecule has 0 bridgehead atoms. The van der Waals surface area contributed by atoms with Gasteiger partial charge in [-0.3, -0.25) is 10.1 Å². The molecule has 0 aromatic heterocycles. The smallest absolute Gasteiger partial charge is 0.269 e. The second-order valence-electron chi connectivity index (χ2n) is 3.98. The molecular weight excluding hydrogens is 192 g/mol. The van der Waals surface area contributed by atoms with E-state index in [1.165, 1.54) is 10.5 Å². The van der Waals surface area contributed by atoms with Gasteiger partial charge in [-0.1, -0.05) is 12.1 Å². The van der Waals surface area contributed by atoms with Crippen LogP contribution in [0.4, 0.5) is 5.69 Å². The van der Waals surface area contributed by atoms with Gasteiger partial charge in [-0.25, -0.2) is 0 Å². The topological polar surface area (TPSA) is 47.6 Å². The van der Waals surface area contributed by atoms with Crippen LogP contribution < -0.4 is 4.90 Å². The molecule has 0 amide bonds. The fraction of sp³-hybridized carbons (Fsp3) is 0.455. The standard InChI is InChI=1S/C11H16N2O2/c1-12(2)9-3-4-10-5-7-11(8-6-10)13(14)15/h5-8H,3-4,9H2,1-2H3/p+1. The lowest BCUT2D eigenvalue weighted by molar-refractivity contribution is -0.858. The molecule has 1 rings (SSSR count). The van der Waals surface area contributed by atoms with Crippen molar-refractivity contribution in [3.8, 4) is 0 Å². The number of nitro benzene ring substituents is 1. The van der Waals surface area contributed by atoms with Gasteiger partial charge < -0.3 is 4.90 Å². The molecule has 82 valence electrons. The Morgan fingerprint density at radius 2 is 1.87 bits per heavy atom. The monoisotopic (exact) mass is 209 g/mol. The van der Waals surface area contributed by atoms with Crippen molar-refractivity contribution in [3.63, 3.8) is 0 Å². The van der Waals surface area contributed by atoms with Crippen LogP contribution in [0.15, 0.2) is 24.3 Å². The molecule has 0 aliphatic carbocycles. The van der Waals surface area contributed by atoms with E-state index >= 15 is 0 Å². The highest BCUT2D eigenvalue weighted by Crippen LogP contribution is 2.12. The highest BCUT2D eigenvalue weighted by atomic mass is 16.6. The minimum Gasteiger partial charge on any atom is -0.340 e. The molecule has 1 aromatic carbocycles. The van der Waals surface area contributed by atoms with Crippen molar-refractivity contribution in [1.29, 1.82) is 0 Å². The maximum atomic E-state index is 10.4. The lowest BCUT2D eigenvalue weighted by atomic mass is 10.1. The van der Waals surface area contributed by atoms with E-state index in [0.717, 1.165) is 19.4 Å². The normalized spacial score (nSPS) is 10.6. The second-order valence-corrected chi connectivity index (χ2v) is 3.98. The van der Waals surface area contributed by atoms with Crippen LogP contribution in [0, 0.1) is 10.1 Å². The van der Waals surface area contributed by atoms with E-state index in [1.54, 1.807) is 12.1 Å².